The lowest BCUT2D eigenvalue weighted by molar-refractivity contribution is 0.671. The van der Waals surface area contributed by atoms with E-state index in [0.29, 0.717) is 6.04 Å². The van der Waals surface area contributed by atoms with Gasteiger partial charge in [-0.3, -0.25) is 0 Å². The zero-order valence-electron chi connectivity index (χ0n) is 9.61. The minimum atomic E-state index is 0.689. The van der Waals surface area contributed by atoms with Crippen molar-refractivity contribution in [3.63, 3.8) is 0 Å². The molecule has 1 saturated carbocycles. The summed E-state index contributed by atoms with van der Waals surface area (Å²) in [5.74, 6) is 0. The molecule has 0 radical (unpaired) electrons. The van der Waals surface area contributed by atoms with Gasteiger partial charge in [-0.25, -0.2) is 4.68 Å². The fourth-order valence-electron chi connectivity index (χ4n) is 1.70. The van der Waals surface area contributed by atoms with E-state index >= 15 is 0 Å². The van der Waals surface area contributed by atoms with Crippen molar-refractivity contribution >= 4 is 31.9 Å². The van der Waals surface area contributed by atoms with Crippen molar-refractivity contribution in [2.75, 3.05) is 0 Å². The molecule has 3 rings (SSSR count). The second-order valence-corrected chi connectivity index (χ2v) is 6.18. The first kappa shape index (κ1) is 12.3. The summed E-state index contributed by atoms with van der Waals surface area (Å²) in [4.78, 5) is 0. The molecule has 0 amide bonds. The Bertz CT molecular complexity index is 563. The highest BCUT2D eigenvalue weighted by Gasteiger charge is 2.20. The van der Waals surface area contributed by atoms with Crippen LogP contribution in [0.3, 0.4) is 0 Å². The van der Waals surface area contributed by atoms with Crippen LogP contribution in [0.1, 0.15) is 18.5 Å². The van der Waals surface area contributed by atoms with Gasteiger partial charge in [0.05, 0.1) is 17.6 Å². The van der Waals surface area contributed by atoms with Crippen LogP contribution in [0.15, 0.2) is 33.3 Å². The largest absolute Gasteiger partial charge is 0.308 e. The maximum absolute atomic E-state index is 4.17. The maximum atomic E-state index is 4.17. The lowest BCUT2D eigenvalue weighted by atomic mass is 10.3. The van der Waals surface area contributed by atoms with E-state index in [9.17, 15) is 0 Å². The van der Waals surface area contributed by atoms with E-state index in [1.807, 2.05) is 24.4 Å². The van der Waals surface area contributed by atoms with Crippen LogP contribution >= 0.6 is 31.9 Å². The third-order valence-corrected chi connectivity index (χ3v) is 3.97. The molecule has 1 N–H and O–H groups in total. The number of rotatable bonds is 4. The van der Waals surface area contributed by atoms with Crippen LogP contribution in [0.2, 0.25) is 0 Å². The van der Waals surface area contributed by atoms with E-state index in [0.717, 1.165) is 26.9 Å². The van der Waals surface area contributed by atoms with Crippen molar-refractivity contribution in [1.82, 2.24) is 20.3 Å². The Hall–Kier alpha value is -0.720. The molecule has 1 fully saturated rings. The van der Waals surface area contributed by atoms with Gasteiger partial charge < -0.3 is 5.32 Å². The van der Waals surface area contributed by atoms with Gasteiger partial charge in [0, 0.05) is 21.5 Å². The van der Waals surface area contributed by atoms with Crippen molar-refractivity contribution in [2.45, 2.75) is 25.4 Å². The molecule has 18 heavy (non-hydrogen) atoms. The standard InChI is InChI=1S/C12H12Br2N4/c13-8-1-4-12(11(14)5-8)18-7-10(16-17-18)6-15-9-2-3-9/h1,4-5,7,9,15H,2-3,6H2. The molecule has 94 valence electrons. The zero-order chi connectivity index (χ0) is 12.5. The molecule has 6 heteroatoms. The lowest BCUT2D eigenvalue weighted by Gasteiger charge is -2.03. The first-order chi connectivity index (χ1) is 8.72. The summed E-state index contributed by atoms with van der Waals surface area (Å²) in [6.07, 6.45) is 4.53. The molecular weight excluding hydrogens is 360 g/mol. The quantitative estimate of drug-likeness (QED) is 0.898. The number of nitrogens with zero attached hydrogens (tertiary/aromatic N) is 3. The molecule has 0 unspecified atom stereocenters. The summed E-state index contributed by atoms with van der Waals surface area (Å²) < 4.78 is 3.82. The predicted molar refractivity (Wildman–Crippen MR) is 76.6 cm³/mol. The molecule has 1 aliphatic carbocycles. The second kappa shape index (κ2) is 5.11. The van der Waals surface area contributed by atoms with Crippen LogP contribution < -0.4 is 5.32 Å². The van der Waals surface area contributed by atoms with Crippen molar-refractivity contribution in [1.29, 1.82) is 0 Å². The Morgan fingerprint density at radius 3 is 2.89 bits per heavy atom. The van der Waals surface area contributed by atoms with Gasteiger partial charge in [0.15, 0.2) is 0 Å². The summed E-state index contributed by atoms with van der Waals surface area (Å²) in [7, 11) is 0. The number of aromatic nitrogens is 3. The highest BCUT2D eigenvalue weighted by atomic mass is 79.9. The SMILES string of the molecule is Brc1ccc(-n2cc(CNC3CC3)nn2)c(Br)c1. The smallest absolute Gasteiger partial charge is 0.0969 e. The highest BCUT2D eigenvalue weighted by molar-refractivity contribution is 9.11. The van der Waals surface area contributed by atoms with Gasteiger partial charge in [-0.1, -0.05) is 21.1 Å². The van der Waals surface area contributed by atoms with Gasteiger partial charge in [0.25, 0.3) is 0 Å². The monoisotopic (exact) mass is 370 g/mol. The number of hydrogen-bond donors (Lipinski definition) is 1. The van der Waals surface area contributed by atoms with Crippen LogP contribution in [0.4, 0.5) is 0 Å². The minimum absolute atomic E-state index is 0.689. The Morgan fingerprint density at radius 2 is 2.17 bits per heavy atom. The topological polar surface area (TPSA) is 42.7 Å². The van der Waals surface area contributed by atoms with Gasteiger partial charge in [-0.15, -0.1) is 5.10 Å². The van der Waals surface area contributed by atoms with Crippen LogP contribution in [-0.4, -0.2) is 21.0 Å². The van der Waals surface area contributed by atoms with Crippen molar-refractivity contribution in [3.8, 4) is 5.69 Å². The second-order valence-electron chi connectivity index (χ2n) is 4.41. The normalized spacial score (nSPS) is 15.0. The fraction of sp³-hybridized carbons (Fsp3) is 0.333. The van der Waals surface area contributed by atoms with Crippen LogP contribution in [0, 0.1) is 0 Å². The summed E-state index contributed by atoms with van der Waals surface area (Å²) in [6, 6.07) is 6.68. The number of benzene rings is 1. The average Bonchev–Trinajstić information content (AvgIpc) is 3.05. The molecule has 1 aromatic heterocycles. The predicted octanol–water partition coefficient (Wildman–Crippen LogP) is 3.04. The molecule has 0 spiro atoms. The van der Waals surface area contributed by atoms with Gasteiger partial charge in [-0.05, 0) is 47.0 Å². The van der Waals surface area contributed by atoms with E-state index in [1.165, 1.54) is 12.8 Å². The molecule has 0 aliphatic heterocycles. The van der Waals surface area contributed by atoms with Gasteiger partial charge in [-0.2, -0.15) is 0 Å². The van der Waals surface area contributed by atoms with E-state index in [4.69, 9.17) is 0 Å². The number of nitrogens with one attached hydrogen (secondary N) is 1. The molecule has 1 aliphatic rings. The summed E-state index contributed by atoms with van der Waals surface area (Å²) in [5, 5.41) is 11.8. The van der Waals surface area contributed by atoms with Gasteiger partial charge in [0.1, 0.15) is 0 Å². The first-order valence-electron chi connectivity index (χ1n) is 5.82. The zero-order valence-corrected chi connectivity index (χ0v) is 12.8. The van der Waals surface area contributed by atoms with E-state index in [-0.39, 0.29) is 0 Å². The molecule has 1 heterocycles. The fourth-order valence-corrected chi connectivity index (χ4v) is 2.93. The highest BCUT2D eigenvalue weighted by Crippen LogP contribution is 2.24. The maximum Gasteiger partial charge on any atom is 0.0969 e. The summed E-state index contributed by atoms with van der Waals surface area (Å²) in [5.41, 5.74) is 1.96. The average molecular weight is 372 g/mol. The molecular formula is C12H12Br2N4. The van der Waals surface area contributed by atoms with Gasteiger partial charge in [0.2, 0.25) is 0 Å². The molecule has 2 aromatic rings. The third kappa shape index (κ3) is 2.81. The van der Waals surface area contributed by atoms with E-state index in [1.54, 1.807) is 4.68 Å². The van der Waals surface area contributed by atoms with Gasteiger partial charge >= 0.3 is 0 Å². The Morgan fingerprint density at radius 1 is 1.33 bits per heavy atom. The van der Waals surface area contributed by atoms with Crippen LogP contribution in [0.25, 0.3) is 5.69 Å². The van der Waals surface area contributed by atoms with E-state index in [2.05, 4.69) is 47.5 Å². The Kier molecular flexibility index (Phi) is 3.50. The first-order valence-corrected chi connectivity index (χ1v) is 7.41. The van der Waals surface area contributed by atoms with Crippen molar-refractivity contribution < 1.29 is 0 Å². The number of halogens is 2. The molecule has 0 atom stereocenters. The number of hydrogen-bond acceptors (Lipinski definition) is 3. The third-order valence-electron chi connectivity index (χ3n) is 2.85. The van der Waals surface area contributed by atoms with Crippen LogP contribution in [0.5, 0.6) is 0 Å². The Balaban J connectivity index is 1.78. The molecule has 4 nitrogen and oxygen atoms in total. The van der Waals surface area contributed by atoms with Crippen LogP contribution in [-0.2, 0) is 6.54 Å². The molecule has 0 bridgehead atoms. The Labute approximate surface area is 122 Å². The summed E-state index contributed by atoms with van der Waals surface area (Å²) >= 11 is 6.97. The molecule has 0 saturated heterocycles. The summed E-state index contributed by atoms with van der Waals surface area (Å²) in [6.45, 7) is 0.790. The minimum Gasteiger partial charge on any atom is -0.308 e. The molecule has 1 aromatic carbocycles. The lowest BCUT2D eigenvalue weighted by Crippen LogP contribution is -2.15. The van der Waals surface area contributed by atoms with Crippen molar-refractivity contribution in [2.24, 2.45) is 0 Å². The van der Waals surface area contributed by atoms with Crippen molar-refractivity contribution in [3.05, 3.63) is 39.0 Å². The van der Waals surface area contributed by atoms with E-state index < -0.39 is 0 Å².